The fourth-order valence-electron chi connectivity index (χ4n) is 1.83. The molecule has 2 heterocycles. The van der Waals surface area contributed by atoms with E-state index in [1.807, 2.05) is 0 Å². The third-order valence-electron chi connectivity index (χ3n) is 2.74. The first-order valence-corrected chi connectivity index (χ1v) is 7.25. The molecule has 1 aromatic rings. The number of sulfonamides is 1. The lowest BCUT2D eigenvalue weighted by atomic mass is 10.1. The highest BCUT2D eigenvalue weighted by atomic mass is 79.9. The lowest BCUT2D eigenvalue weighted by Gasteiger charge is -2.18. The van der Waals surface area contributed by atoms with Crippen LogP contribution in [0.25, 0.3) is 0 Å². The largest absolute Gasteiger partial charge is 0.389 e. The highest BCUT2D eigenvalue weighted by Crippen LogP contribution is 2.28. The summed E-state index contributed by atoms with van der Waals surface area (Å²) in [6, 6.07) is 0. The highest BCUT2D eigenvalue weighted by Gasteiger charge is 2.40. The van der Waals surface area contributed by atoms with E-state index in [1.54, 1.807) is 6.92 Å². The Morgan fingerprint density at radius 2 is 2.18 bits per heavy atom. The molecule has 17 heavy (non-hydrogen) atoms. The second-order valence-electron chi connectivity index (χ2n) is 4.39. The first-order valence-electron chi connectivity index (χ1n) is 5.02. The van der Waals surface area contributed by atoms with Crippen molar-refractivity contribution in [1.82, 2.24) is 19.3 Å². The van der Waals surface area contributed by atoms with Crippen LogP contribution in [-0.4, -0.2) is 51.5 Å². The first-order chi connectivity index (χ1) is 7.74. The van der Waals surface area contributed by atoms with Crippen molar-refractivity contribution in [3.63, 3.8) is 0 Å². The van der Waals surface area contributed by atoms with Gasteiger partial charge in [-0.15, -0.1) is 5.10 Å². The molecule has 2 rings (SSSR count). The molecule has 0 aliphatic carbocycles. The van der Waals surface area contributed by atoms with E-state index < -0.39 is 15.6 Å². The van der Waals surface area contributed by atoms with Crippen molar-refractivity contribution in [2.45, 2.75) is 24.0 Å². The van der Waals surface area contributed by atoms with Crippen LogP contribution in [0.4, 0.5) is 0 Å². The van der Waals surface area contributed by atoms with Gasteiger partial charge in [-0.3, -0.25) is 0 Å². The van der Waals surface area contributed by atoms with E-state index in [4.69, 9.17) is 0 Å². The molecule has 1 aliphatic heterocycles. The van der Waals surface area contributed by atoms with E-state index in [0.717, 1.165) is 0 Å². The number of rotatable bonds is 2. The van der Waals surface area contributed by atoms with E-state index in [0.29, 0.717) is 13.0 Å². The Labute approximate surface area is 108 Å². The van der Waals surface area contributed by atoms with Crippen molar-refractivity contribution in [2.75, 3.05) is 13.1 Å². The van der Waals surface area contributed by atoms with Gasteiger partial charge in [0.2, 0.25) is 5.03 Å². The van der Waals surface area contributed by atoms with Gasteiger partial charge in [0.25, 0.3) is 10.0 Å². The Balaban J connectivity index is 2.39. The number of aryl methyl sites for hydroxylation is 1. The van der Waals surface area contributed by atoms with Gasteiger partial charge in [-0.1, -0.05) is 5.21 Å². The monoisotopic (exact) mass is 324 g/mol. The number of aromatic nitrogens is 3. The molecule has 1 aliphatic rings. The van der Waals surface area contributed by atoms with Crippen LogP contribution in [0.3, 0.4) is 0 Å². The van der Waals surface area contributed by atoms with Gasteiger partial charge in [0.1, 0.15) is 0 Å². The van der Waals surface area contributed by atoms with Crippen molar-refractivity contribution in [3.8, 4) is 0 Å². The second kappa shape index (κ2) is 4.01. The van der Waals surface area contributed by atoms with Crippen LogP contribution < -0.4 is 0 Å². The Kier molecular flexibility index (Phi) is 3.05. The number of nitrogens with zero attached hydrogens (tertiary/aromatic N) is 4. The smallest absolute Gasteiger partial charge is 0.263 e. The molecule has 0 radical (unpaired) electrons. The average molecular weight is 325 g/mol. The zero-order valence-electron chi connectivity index (χ0n) is 9.46. The molecule has 0 amide bonds. The maximum atomic E-state index is 12.3. The van der Waals surface area contributed by atoms with Crippen LogP contribution in [0, 0.1) is 0 Å². The van der Waals surface area contributed by atoms with Gasteiger partial charge in [-0.2, -0.15) is 4.31 Å². The maximum absolute atomic E-state index is 12.3. The van der Waals surface area contributed by atoms with Crippen LogP contribution >= 0.6 is 15.9 Å². The van der Waals surface area contributed by atoms with Crippen molar-refractivity contribution in [1.29, 1.82) is 0 Å². The molecule has 0 saturated carbocycles. The van der Waals surface area contributed by atoms with Crippen molar-refractivity contribution in [2.24, 2.45) is 7.05 Å². The van der Waals surface area contributed by atoms with Crippen LogP contribution in [0.1, 0.15) is 13.3 Å². The quantitative estimate of drug-likeness (QED) is 0.808. The number of β-amino-alcohol motifs (C(OH)–C–C–N with tert-alkyl or cyclic N) is 1. The van der Waals surface area contributed by atoms with Gasteiger partial charge in [-0.05, 0) is 29.3 Å². The molecular weight excluding hydrogens is 312 g/mol. The fourth-order valence-corrected chi connectivity index (χ4v) is 4.42. The summed E-state index contributed by atoms with van der Waals surface area (Å²) in [6.07, 6.45) is 0.426. The molecule has 0 spiro atoms. The second-order valence-corrected chi connectivity index (χ2v) is 7.00. The Hall–Kier alpha value is -0.510. The van der Waals surface area contributed by atoms with Crippen LogP contribution in [0.2, 0.25) is 0 Å². The average Bonchev–Trinajstić information content (AvgIpc) is 2.70. The molecule has 0 aromatic carbocycles. The molecule has 0 bridgehead atoms. The Morgan fingerprint density at radius 1 is 1.53 bits per heavy atom. The summed E-state index contributed by atoms with van der Waals surface area (Å²) in [5.41, 5.74) is -0.967. The maximum Gasteiger partial charge on any atom is 0.263 e. The first kappa shape index (κ1) is 12.9. The van der Waals surface area contributed by atoms with Crippen molar-refractivity contribution in [3.05, 3.63) is 4.60 Å². The fraction of sp³-hybridized carbons (Fsp3) is 0.750. The lowest BCUT2D eigenvalue weighted by Crippen LogP contribution is -2.34. The number of hydrogen-bond acceptors (Lipinski definition) is 5. The lowest BCUT2D eigenvalue weighted by molar-refractivity contribution is 0.0762. The summed E-state index contributed by atoms with van der Waals surface area (Å²) in [7, 11) is -2.15. The van der Waals surface area contributed by atoms with Crippen LogP contribution in [-0.2, 0) is 17.1 Å². The van der Waals surface area contributed by atoms with Gasteiger partial charge in [0.05, 0.1) is 5.60 Å². The molecule has 96 valence electrons. The predicted molar refractivity (Wildman–Crippen MR) is 62.7 cm³/mol. The highest BCUT2D eigenvalue weighted by molar-refractivity contribution is 9.10. The summed E-state index contributed by atoms with van der Waals surface area (Å²) in [5, 5.41) is 17.1. The Morgan fingerprint density at radius 3 is 2.59 bits per heavy atom. The van der Waals surface area contributed by atoms with E-state index in [9.17, 15) is 13.5 Å². The summed E-state index contributed by atoms with van der Waals surface area (Å²) in [6.45, 7) is 2.01. The molecule has 1 N–H and O–H groups in total. The minimum atomic E-state index is -3.66. The summed E-state index contributed by atoms with van der Waals surface area (Å²) < 4.78 is 27.3. The van der Waals surface area contributed by atoms with Crippen LogP contribution in [0.5, 0.6) is 0 Å². The van der Waals surface area contributed by atoms with E-state index in [2.05, 4.69) is 26.2 Å². The normalized spacial score (nSPS) is 26.6. The standard InChI is InChI=1S/C8H13BrN4O3S/c1-8(14)3-4-13(5-8)17(15,16)7-6(9)10-11-12(7)2/h14H,3-5H2,1-2H3. The van der Waals surface area contributed by atoms with E-state index in [1.165, 1.54) is 16.0 Å². The Bertz CT molecular complexity index is 519. The van der Waals surface area contributed by atoms with Gasteiger partial charge in [0, 0.05) is 20.1 Å². The third kappa shape index (κ3) is 2.24. The van der Waals surface area contributed by atoms with E-state index >= 15 is 0 Å². The minimum absolute atomic E-state index is 0.00944. The number of aliphatic hydroxyl groups is 1. The van der Waals surface area contributed by atoms with Gasteiger partial charge in [-0.25, -0.2) is 13.1 Å². The SMILES string of the molecule is Cn1nnc(Br)c1S(=O)(=O)N1CCC(C)(O)C1. The third-order valence-corrected chi connectivity index (χ3v) is 5.47. The van der Waals surface area contributed by atoms with Gasteiger partial charge < -0.3 is 5.11 Å². The molecule has 9 heteroatoms. The van der Waals surface area contributed by atoms with Gasteiger partial charge in [0.15, 0.2) is 4.60 Å². The van der Waals surface area contributed by atoms with Crippen LogP contribution in [0.15, 0.2) is 9.63 Å². The molecule has 1 fully saturated rings. The minimum Gasteiger partial charge on any atom is -0.389 e. The predicted octanol–water partition coefficient (Wildman–Crippen LogP) is -0.277. The summed E-state index contributed by atoms with van der Waals surface area (Å²) in [4.78, 5) is 0. The number of halogens is 1. The zero-order valence-corrected chi connectivity index (χ0v) is 11.9. The molecule has 1 unspecified atom stereocenters. The van der Waals surface area contributed by atoms with E-state index in [-0.39, 0.29) is 16.2 Å². The van der Waals surface area contributed by atoms with Crippen molar-refractivity contribution >= 4 is 26.0 Å². The van der Waals surface area contributed by atoms with Gasteiger partial charge >= 0.3 is 0 Å². The number of hydrogen-bond donors (Lipinski definition) is 1. The zero-order chi connectivity index (χ0) is 12.8. The molecule has 1 saturated heterocycles. The molecule has 1 atom stereocenters. The topological polar surface area (TPSA) is 88.3 Å². The summed E-state index contributed by atoms with van der Waals surface area (Å²) in [5.74, 6) is 0. The molecular formula is C8H13BrN4O3S. The van der Waals surface area contributed by atoms with Crippen molar-refractivity contribution < 1.29 is 13.5 Å². The molecule has 1 aromatic heterocycles. The molecule has 7 nitrogen and oxygen atoms in total. The summed E-state index contributed by atoms with van der Waals surface area (Å²) >= 11 is 3.07.